The molecule has 0 saturated carbocycles. The number of para-hydroxylation sites is 1. The normalized spacial score (nSPS) is 12.1. The maximum atomic E-state index is 13.1. The zero-order valence-electron chi connectivity index (χ0n) is 18.8. The molecule has 0 saturated heterocycles. The lowest BCUT2D eigenvalue weighted by molar-refractivity contribution is -0.136. The quantitative estimate of drug-likeness (QED) is 0.282. The molecule has 3 aromatic carbocycles. The molecule has 0 spiro atoms. The molecule has 3 aromatic rings. The Balaban J connectivity index is 1.90. The van der Waals surface area contributed by atoms with Crippen LogP contribution in [0.5, 0.6) is 0 Å². The van der Waals surface area contributed by atoms with E-state index in [1.807, 2.05) is 36.4 Å². The van der Waals surface area contributed by atoms with E-state index in [2.05, 4.69) is 5.32 Å². The minimum Gasteiger partial charge on any atom is -0.481 e. The van der Waals surface area contributed by atoms with E-state index in [1.165, 1.54) is 4.90 Å². The molecule has 184 valence electrons. The molecule has 4 N–H and O–H groups in total. The fourth-order valence-electron chi connectivity index (χ4n) is 3.63. The third kappa shape index (κ3) is 8.23. The molecular formula is C25H26ClN2O6P. The second kappa shape index (κ2) is 12.0. The summed E-state index contributed by atoms with van der Waals surface area (Å²) in [6.45, 7) is -0.0985. The first-order valence-electron chi connectivity index (χ1n) is 10.8. The van der Waals surface area contributed by atoms with E-state index < -0.39 is 31.8 Å². The van der Waals surface area contributed by atoms with Crippen molar-refractivity contribution in [3.8, 4) is 11.1 Å². The van der Waals surface area contributed by atoms with Gasteiger partial charge in [-0.05, 0) is 41.0 Å². The average molecular weight is 517 g/mol. The smallest absolute Gasteiger partial charge is 0.344 e. The standard InChI is InChI=1S/C25H26ClN2O6P/c26-21-12-10-20(11-13-21)19-8-6-18(7-9-19)16-23(25(31)27-15-14-24(29)30)28(17-35(32,33)34)22-4-2-1-3-5-22/h1-13,23H,14-17H2,(H,27,31)(H,29,30)(H2,32,33,34)/t23-/m0/s1. The van der Waals surface area contributed by atoms with Crippen LogP contribution >= 0.6 is 19.2 Å². The van der Waals surface area contributed by atoms with Crippen LogP contribution in [-0.2, 0) is 20.6 Å². The molecule has 35 heavy (non-hydrogen) atoms. The zero-order valence-corrected chi connectivity index (χ0v) is 20.4. The Labute approximate surface area is 208 Å². The van der Waals surface area contributed by atoms with Crippen LogP contribution in [0.15, 0.2) is 78.9 Å². The van der Waals surface area contributed by atoms with Crippen molar-refractivity contribution in [2.45, 2.75) is 18.9 Å². The van der Waals surface area contributed by atoms with Gasteiger partial charge in [0.05, 0.1) is 6.42 Å². The third-order valence-electron chi connectivity index (χ3n) is 5.30. The lowest BCUT2D eigenvalue weighted by atomic mass is 9.99. The van der Waals surface area contributed by atoms with E-state index in [9.17, 15) is 23.9 Å². The van der Waals surface area contributed by atoms with Gasteiger partial charge >= 0.3 is 13.6 Å². The maximum Gasteiger partial charge on any atom is 0.344 e. The van der Waals surface area contributed by atoms with Crippen molar-refractivity contribution in [3.63, 3.8) is 0 Å². The SMILES string of the molecule is O=C(O)CCNC(=O)[C@H](Cc1ccc(-c2ccc(Cl)cc2)cc1)N(CP(=O)(O)O)c1ccccc1. The number of carboxylic acid groups (broad SMARTS) is 1. The van der Waals surface area contributed by atoms with Crippen molar-refractivity contribution in [3.05, 3.63) is 89.4 Å². The summed E-state index contributed by atoms with van der Waals surface area (Å²) >= 11 is 5.96. The number of aliphatic carboxylic acids is 1. The van der Waals surface area contributed by atoms with Gasteiger partial charge in [0.15, 0.2) is 0 Å². The maximum absolute atomic E-state index is 13.1. The summed E-state index contributed by atoms with van der Waals surface area (Å²) in [6.07, 6.45) is -0.788. The van der Waals surface area contributed by atoms with Crippen LogP contribution in [0.1, 0.15) is 12.0 Å². The fourth-order valence-corrected chi connectivity index (χ4v) is 4.52. The predicted molar refractivity (Wildman–Crippen MR) is 135 cm³/mol. The van der Waals surface area contributed by atoms with Gasteiger partial charge in [-0.15, -0.1) is 0 Å². The lowest BCUT2D eigenvalue weighted by Crippen LogP contribution is -2.49. The monoisotopic (exact) mass is 516 g/mol. The first kappa shape index (κ1) is 26.4. The highest BCUT2D eigenvalue weighted by Gasteiger charge is 2.31. The molecule has 8 nitrogen and oxygen atoms in total. The minimum atomic E-state index is -4.54. The van der Waals surface area contributed by atoms with Gasteiger partial charge in [-0.3, -0.25) is 14.2 Å². The number of benzene rings is 3. The van der Waals surface area contributed by atoms with Crippen LogP contribution in [-0.4, -0.2) is 45.6 Å². The Morgan fingerprint density at radius 3 is 2.03 bits per heavy atom. The van der Waals surface area contributed by atoms with Gasteiger partial charge in [0, 0.05) is 23.7 Å². The van der Waals surface area contributed by atoms with Gasteiger partial charge in [0.25, 0.3) is 0 Å². The molecule has 3 rings (SSSR count). The number of carbonyl (C=O) groups excluding carboxylic acids is 1. The minimum absolute atomic E-state index is 0.0985. The van der Waals surface area contributed by atoms with E-state index >= 15 is 0 Å². The molecule has 0 aromatic heterocycles. The molecule has 0 radical (unpaired) electrons. The second-order valence-electron chi connectivity index (χ2n) is 7.97. The highest BCUT2D eigenvalue weighted by Crippen LogP contribution is 2.38. The number of hydrogen-bond acceptors (Lipinski definition) is 4. The van der Waals surface area contributed by atoms with Gasteiger partial charge in [0.2, 0.25) is 5.91 Å². The molecular weight excluding hydrogens is 491 g/mol. The molecule has 0 fully saturated rings. The van der Waals surface area contributed by atoms with Crippen molar-refractivity contribution in [2.24, 2.45) is 0 Å². The van der Waals surface area contributed by atoms with Crippen LogP contribution in [0.3, 0.4) is 0 Å². The van der Waals surface area contributed by atoms with E-state index in [1.54, 1.807) is 42.5 Å². The number of rotatable bonds is 11. The summed E-state index contributed by atoms with van der Waals surface area (Å²) in [6, 6.07) is 22.4. The Morgan fingerprint density at radius 1 is 0.914 bits per heavy atom. The lowest BCUT2D eigenvalue weighted by Gasteiger charge is -2.33. The van der Waals surface area contributed by atoms with Crippen LogP contribution in [0.25, 0.3) is 11.1 Å². The van der Waals surface area contributed by atoms with Gasteiger partial charge in [-0.2, -0.15) is 0 Å². The molecule has 0 heterocycles. The number of carbonyl (C=O) groups is 2. The van der Waals surface area contributed by atoms with E-state index in [-0.39, 0.29) is 19.4 Å². The highest BCUT2D eigenvalue weighted by atomic mass is 35.5. The summed E-state index contributed by atoms with van der Waals surface area (Å²) in [7, 11) is -4.54. The highest BCUT2D eigenvalue weighted by molar-refractivity contribution is 7.51. The van der Waals surface area contributed by atoms with E-state index in [0.717, 1.165) is 16.7 Å². The topological polar surface area (TPSA) is 127 Å². The predicted octanol–water partition coefficient (Wildman–Crippen LogP) is 4.15. The van der Waals surface area contributed by atoms with Crippen molar-refractivity contribution < 1.29 is 29.0 Å². The van der Waals surface area contributed by atoms with Gasteiger partial charge in [0.1, 0.15) is 12.3 Å². The number of nitrogens with one attached hydrogen (secondary N) is 1. The average Bonchev–Trinajstić information content (AvgIpc) is 2.82. The number of carboxylic acids is 1. The van der Waals surface area contributed by atoms with Crippen LogP contribution in [0.2, 0.25) is 5.02 Å². The molecule has 10 heteroatoms. The molecule has 0 aliphatic rings. The Morgan fingerprint density at radius 2 is 1.49 bits per heavy atom. The number of nitrogens with zero attached hydrogens (tertiary/aromatic N) is 1. The third-order valence-corrected chi connectivity index (χ3v) is 6.23. The Bertz CT molecular complexity index is 1180. The van der Waals surface area contributed by atoms with Crippen LogP contribution in [0.4, 0.5) is 5.69 Å². The van der Waals surface area contributed by atoms with Crippen LogP contribution in [0, 0.1) is 0 Å². The summed E-state index contributed by atoms with van der Waals surface area (Å²) in [5, 5.41) is 12.1. The molecule has 1 amide bonds. The summed E-state index contributed by atoms with van der Waals surface area (Å²) in [5.41, 5.74) is 3.15. The Kier molecular flexibility index (Phi) is 9.07. The van der Waals surface area contributed by atoms with Crippen molar-refractivity contribution >= 4 is 36.8 Å². The van der Waals surface area contributed by atoms with Crippen molar-refractivity contribution in [1.82, 2.24) is 5.32 Å². The molecule has 1 atom stereocenters. The van der Waals surface area contributed by atoms with Crippen LogP contribution < -0.4 is 10.2 Å². The molecule has 0 bridgehead atoms. The number of halogens is 1. The Hall–Kier alpha value is -3.16. The van der Waals surface area contributed by atoms with Gasteiger partial charge in [-0.1, -0.05) is 66.2 Å². The number of hydrogen-bond donors (Lipinski definition) is 4. The van der Waals surface area contributed by atoms with Gasteiger partial charge in [-0.25, -0.2) is 0 Å². The fraction of sp³-hybridized carbons (Fsp3) is 0.200. The molecule has 0 unspecified atom stereocenters. The first-order chi connectivity index (χ1) is 16.6. The number of amides is 1. The van der Waals surface area contributed by atoms with Gasteiger partial charge < -0.3 is 25.1 Å². The summed E-state index contributed by atoms with van der Waals surface area (Å²) < 4.78 is 12.0. The van der Waals surface area contributed by atoms with E-state index in [0.29, 0.717) is 10.7 Å². The summed E-state index contributed by atoms with van der Waals surface area (Å²) in [5.74, 6) is -1.58. The molecule has 0 aliphatic heterocycles. The summed E-state index contributed by atoms with van der Waals surface area (Å²) in [4.78, 5) is 44.8. The van der Waals surface area contributed by atoms with Crippen molar-refractivity contribution in [2.75, 3.05) is 17.7 Å². The van der Waals surface area contributed by atoms with Crippen molar-refractivity contribution in [1.29, 1.82) is 0 Å². The second-order valence-corrected chi connectivity index (χ2v) is 10.0. The number of anilines is 1. The van der Waals surface area contributed by atoms with E-state index in [4.69, 9.17) is 16.7 Å². The molecule has 0 aliphatic carbocycles. The largest absolute Gasteiger partial charge is 0.481 e. The zero-order chi connectivity index (χ0) is 25.4. The first-order valence-corrected chi connectivity index (χ1v) is 13.0.